The van der Waals surface area contributed by atoms with E-state index in [1.54, 1.807) is 12.1 Å². The van der Waals surface area contributed by atoms with Crippen LogP contribution in [0, 0.1) is 6.92 Å². The zero-order valence-corrected chi connectivity index (χ0v) is 34.0. The van der Waals surface area contributed by atoms with Gasteiger partial charge in [0.05, 0.1) is 29.3 Å². The maximum Gasteiger partial charge on any atom is 0.241 e. The maximum absolute atomic E-state index is 13.6. The highest BCUT2D eigenvalue weighted by atomic mass is 35.5. The summed E-state index contributed by atoms with van der Waals surface area (Å²) in [5.74, 6) is -0.440. The lowest BCUT2D eigenvalue weighted by Gasteiger charge is -2.42. The third-order valence-electron chi connectivity index (χ3n) is 11.1. The fraction of sp³-hybridized carbons (Fsp3) is 0.326. The predicted molar refractivity (Wildman–Crippen MR) is 223 cm³/mol. The van der Waals surface area contributed by atoms with Crippen molar-refractivity contribution in [1.82, 2.24) is 14.9 Å². The molecule has 0 aromatic heterocycles. The third kappa shape index (κ3) is 10.6. The molecule has 2 fully saturated rings. The van der Waals surface area contributed by atoms with Gasteiger partial charge in [-0.2, -0.15) is 4.72 Å². The van der Waals surface area contributed by atoms with E-state index in [1.165, 1.54) is 12.1 Å². The smallest absolute Gasteiger partial charge is 0.241 e. The Morgan fingerprint density at radius 3 is 2.12 bits per heavy atom. The van der Waals surface area contributed by atoms with Crippen LogP contribution in [-0.4, -0.2) is 61.2 Å². The summed E-state index contributed by atoms with van der Waals surface area (Å²) in [5, 5.41) is 24.7. The van der Waals surface area contributed by atoms with E-state index in [0.29, 0.717) is 43.9 Å². The summed E-state index contributed by atoms with van der Waals surface area (Å²) in [4.78, 5) is 16.0. The van der Waals surface area contributed by atoms with Gasteiger partial charge in [-0.3, -0.25) is 4.79 Å². The molecule has 5 aromatic carbocycles. The molecule has 4 atom stereocenters. The number of sulfonamides is 1. The summed E-state index contributed by atoms with van der Waals surface area (Å²) in [5.41, 5.74) is 5.19. The number of nitrogens with zero attached hydrogens (tertiary/aromatic N) is 1. The zero-order valence-electron chi connectivity index (χ0n) is 32.5. The molecule has 0 radical (unpaired) electrons. The molecule has 2 saturated heterocycles. The number of halogens is 1. The first-order valence-corrected chi connectivity index (χ1v) is 21.5. The highest BCUT2D eigenvalue weighted by Crippen LogP contribution is 2.39. The van der Waals surface area contributed by atoms with Crippen LogP contribution in [0.25, 0.3) is 0 Å². The Labute approximate surface area is 345 Å². The van der Waals surface area contributed by atoms with E-state index >= 15 is 0 Å². The van der Waals surface area contributed by atoms with Crippen molar-refractivity contribution in [2.45, 2.75) is 80.8 Å². The number of aryl methyl sites for hydroxylation is 1. The van der Waals surface area contributed by atoms with Crippen LogP contribution < -0.4 is 10.0 Å². The fourth-order valence-corrected chi connectivity index (χ4v) is 8.91. The summed E-state index contributed by atoms with van der Waals surface area (Å²) >= 11 is 6.10. The minimum Gasteiger partial charge on any atom is -0.392 e. The molecule has 10 nitrogen and oxygen atoms in total. The number of hydrogen-bond donors (Lipinski definition) is 4. The number of carbonyl (C=O) groups is 1. The Morgan fingerprint density at radius 1 is 0.828 bits per heavy atom. The molecule has 5 aromatic rings. The van der Waals surface area contributed by atoms with E-state index < -0.39 is 33.9 Å². The first-order valence-electron chi connectivity index (χ1n) is 19.7. The van der Waals surface area contributed by atoms with E-state index in [9.17, 15) is 23.4 Å². The maximum atomic E-state index is 13.6. The highest BCUT2D eigenvalue weighted by Gasteiger charge is 2.37. The number of hydrogen-bond acceptors (Lipinski definition) is 8. The van der Waals surface area contributed by atoms with Gasteiger partial charge in [0.1, 0.15) is 6.04 Å². The molecule has 58 heavy (non-hydrogen) atoms. The number of ether oxygens (including phenoxy) is 2. The fourth-order valence-electron chi connectivity index (χ4n) is 7.59. The van der Waals surface area contributed by atoms with Crippen LogP contribution in [0.5, 0.6) is 0 Å². The van der Waals surface area contributed by atoms with Crippen molar-refractivity contribution >= 4 is 27.5 Å². The topological polar surface area (TPSA) is 137 Å². The first kappa shape index (κ1) is 41.7. The van der Waals surface area contributed by atoms with Gasteiger partial charge in [0.25, 0.3) is 0 Å². The van der Waals surface area contributed by atoms with Crippen molar-refractivity contribution in [1.29, 1.82) is 0 Å². The Balaban J connectivity index is 1.02. The van der Waals surface area contributed by atoms with Gasteiger partial charge in [0, 0.05) is 43.2 Å². The zero-order chi connectivity index (χ0) is 40.7. The van der Waals surface area contributed by atoms with Gasteiger partial charge >= 0.3 is 0 Å². The Morgan fingerprint density at radius 2 is 1.47 bits per heavy atom. The van der Waals surface area contributed by atoms with E-state index in [2.05, 4.69) is 14.9 Å². The first-order chi connectivity index (χ1) is 28.0. The van der Waals surface area contributed by atoms with Gasteiger partial charge in [0.2, 0.25) is 15.9 Å². The van der Waals surface area contributed by atoms with Gasteiger partial charge in [-0.15, -0.1) is 0 Å². The standard InChI is InChI=1S/C46H50ClN3O7S/c1-32-7-21-41(22-8-32)58(54,55)49-42(27-33-5-3-2-4-6-33)44(52)48-29-34-9-15-37(16-10-34)45-56-40(28-43(57-45)36-13-11-35(31-51)12-14-36)30-50-25-23-46(53,24-26-50)38-17-19-39(47)20-18-38/h2-22,40,42-43,45,49,51,53H,23-31H2,1H3,(H,48,52)/t40-,42+,43+,45?/m0/s1. The van der Waals surface area contributed by atoms with Gasteiger partial charge < -0.3 is 29.9 Å². The number of piperidine rings is 1. The van der Waals surface area contributed by atoms with Crippen molar-refractivity contribution < 1.29 is 32.9 Å². The molecule has 0 saturated carbocycles. The number of carbonyl (C=O) groups excluding carboxylic acids is 1. The monoisotopic (exact) mass is 823 g/mol. The largest absolute Gasteiger partial charge is 0.392 e. The molecule has 7 rings (SSSR count). The molecule has 0 aliphatic carbocycles. The second kappa shape index (κ2) is 18.7. The predicted octanol–water partition coefficient (Wildman–Crippen LogP) is 6.88. The number of aliphatic hydroxyl groups excluding tert-OH is 1. The van der Waals surface area contributed by atoms with Crippen LogP contribution in [0.1, 0.15) is 70.6 Å². The van der Waals surface area contributed by atoms with Crippen LogP contribution in [-0.2, 0) is 49.5 Å². The summed E-state index contributed by atoms with van der Waals surface area (Å²) in [6, 6.07) is 37.7. The average molecular weight is 824 g/mol. The lowest BCUT2D eigenvalue weighted by molar-refractivity contribution is -0.253. The number of benzene rings is 5. The summed E-state index contributed by atoms with van der Waals surface area (Å²) in [6.07, 6.45) is 0.928. The Hall–Kier alpha value is -4.43. The number of aliphatic hydroxyl groups is 2. The molecule has 1 amide bonds. The summed E-state index contributed by atoms with van der Waals surface area (Å²) in [7, 11) is -3.97. The van der Waals surface area contributed by atoms with Crippen LogP contribution in [0.4, 0.5) is 0 Å². The minimum atomic E-state index is -3.97. The molecular formula is C46H50ClN3O7S. The molecule has 12 heteroatoms. The summed E-state index contributed by atoms with van der Waals surface area (Å²) in [6.45, 7) is 4.11. The molecule has 0 bridgehead atoms. The van der Waals surface area contributed by atoms with E-state index in [1.807, 2.05) is 110 Å². The van der Waals surface area contributed by atoms with Crippen LogP contribution >= 0.6 is 11.6 Å². The van der Waals surface area contributed by atoms with Gasteiger partial charge in [-0.25, -0.2) is 8.42 Å². The quantitative estimate of drug-likeness (QED) is 0.0953. The van der Waals surface area contributed by atoms with Crippen molar-refractivity contribution in [2.24, 2.45) is 0 Å². The third-order valence-corrected chi connectivity index (χ3v) is 12.8. The van der Waals surface area contributed by atoms with Crippen LogP contribution in [0.2, 0.25) is 5.02 Å². The molecule has 0 spiro atoms. The van der Waals surface area contributed by atoms with Crippen LogP contribution in [0.15, 0.2) is 132 Å². The molecule has 2 aliphatic rings. The van der Waals surface area contributed by atoms with Crippen molar-refractivity contribution in [2.75, 3.05) is 19.6 Å². The van der Waals surface area contributed by atoms with Crippen molar-refractivity contribution in [3.05, 3.63) is 171 Å². The number of amides is 1. The second-order valence-electron chi connectivity index (χ2n) is 15.3. The molecule has 4 N–H and O–H groups in total. The van der Waals surface area contributed by atoms with Gasteiger partial charge in [-0.1, -0.05) is 120 Å². The van der Waals surface area contributed by atoms with E-state index in [-0.39, 0.29) is 36.7 Å². The van der Waals surface area contributed by atoms with Crippen molar-refractivity contribution in [3.63, 3.8) is 0 Å². The van der Waals surface area contributed by atoms with E-state index in [4.69, 9.17) is 21.1 Å². The molecule has 1 unspecified atom stereocenters. The second-order valence-corrected chi connectivity index (χ2v) is 17.5. The number of rotatable bonds is 14. The normalized spacial score (nSPS) is 20.3. The lowest BCUT2D eigenvalue weighted by Crippen LogP contribution is -2.47. The average Bonchev–Trinajstić information content (AvgIpc) is 3.24. The Kier molecular flexibility index (Phi) is 13.4. The Bertz CT molecular complexity index is 2220. The molecular weight excluding hydrogens is 774 g/mol. The SMILES string of the molecule is Cc1ccc(S(=O)(=O)N[C@H](Cc2ccccc2)C(=O)NCc2ccc(C3O[C@H](CN4CCC(O)(c5ccc(Cl)cc5)CC4)C[C@H](c4ccc(CO)cc4)O3)cc2)cc1. The van der Waals surface area contributed by atoms with E-state index in [0.717, 1.165) is 38.9 Å². The number of nitrogens with one attached hydrogen (secondary N) is 2. The molecule has 2 aliphatic heterocycles. The van der Waals surface area contributed by atoms with Crippen molar-refractivity contribution in [3.8, 4) is 0 Å². The minimum absolute atomic E-state index is 0.0407. The number of likely N-dealkylation sites (tertiary alicyclic amines) is 1. The van der Waals surface area contributed by atoms with Gasteiger partial charge in [0.15, 0.2) is 6.29 Å². The van der Waals surface area contributed by atoms with Crippen LogP contribution in [0.3, 0.4) is 0 Å². The summed E-state index contributed by atoms with van der Waals surface area (Å²) < 4.78 is 42.5. The molecule has 304 valence electrons. The molecule has 2 heterocycles. The lowest BCUT2D eigenvalue weighted by atomic mass is 9.84. The van der Waals surface area contributed by atoms with Gasteiger partial charge in [-0.05, 0) is 78.3 Å². The highest BCUT2D eigenvalue weighted by molar-refractivity contribution is 7.89.